The monoisotopic (exact) mass is 261 g/mol. The van der Waals surface area contributed by atoms with E-state index in [-0.39, 0.29) is 5.82 Å². The van der Waals surface area contributed by atoms with Gasteiger partial charge in [-0.3, -0.25) is 0 Å². The average Bonchev–Trinajstić information content (AvgIpc) is 2.41. The number of ether oxygens (including phenoxy) is 1. The second kappa shape index (κ2) is 6.13. The highest BCUT2D eigenvalue weighted by atomic mass is 19.1. The lowest BCUT2D eigenvalue weighted by atomic mass is 10.2. The number of anilines is 1. The van der Waals surface area contributed by atoms with Crippen LogP contribution >= 0.6 is 0 Å². The van der Waals surface area contributed by atoms with E-state index in [0.29, 0.717) is 23.1 Å². The summed E-state index contributed by atoms with van der Waals surface area (Å²) in [4.78, 5) is 8.26. The van der Waals surface area contributed by atoms with Crippen LogP contribution < -0.4 is 10.1 Å². The quantitative estimate of drug-likeness (QED) is 0.894. The zero-order valence-electron chi connectivity index (χ0n) is 11.0. The molecule has 0 unspecified atom stereocenters. The minimum absolute atomic E-state index is 0.295. The second-order valence-electron chi connectivity index (χ2n) is 4.16. The van der Waals surface area contributed by atoms with Gasteiger partial charge in [-0.15, -0.1) is 0 Å². The number of benzene rings is 1. The van der Waals surface area contributed by atoms with Gasteiger partial charge in [0, 0.05) is 24.9 Å². The Morgan fingerprint density at radius 2 is 2.16 bits per heavy atom. The maximum Gasteiger partial charge on any atom is 0.225 e. The van der Waals surface area contributed by atoms with Gasteiger partial charge in [0.1, 0.15) is 11.6 Å². The largest absolute Gasteiger partial charge is 0.439 e. The molecule has 0 radical (unpaired) electrons. The smallest absolute Gasteiger partial charge is 0.225 e. The summed E-state index contributed by atoms with van der Waals surface area (Å²) in [7, 11) is 0. The first-order chi connectivity index (χ1) is 9.19. The van der Waals surface area contributed by atoms with Crippen LogP contribution in [0.15, 0.2) is 30.5 Å². The first-order valence-corrected chi connectivity index (χ1v) is 6.20. The third-order valence-electron chi connectivity index (χ3n) is 2.53. The van der Waals surface area contributed by atoms with Gasteiger partial charge >= 0.3 is 0 Å². The number of aryl methyl sites for hydroxylation is 1. The molecular weight excluding hydrogens is 245 g/mol. The van der Waals surface area contributed by atoms with Crippen molar-refractivity contribution in [3.8, 4) is 11.6 Å². The van der Waals surface area contributed by atoms with Gasteiger partial charge in [-0.25, -0.2) is 9.37 Å². The lowest BCUT2D eigenvalue weighted by Crippen LogP contribution is -2.04. The van der Waals surface area contributed by atoms with Crippen LogP contribution in [0.3, 0.4) is 0 Å². The lowest BCUT2D eigenvalue weighted by Gasteiger charge is -2.07. The van der Waals surface area contributed by atoms with Crippen molar-refractivity contribution < 1.29 is 9.13 Å². The van der Waals surface area contributed by atoms with Crippen LogP contribution in [-0.4, -0.2) is 16.5 Å². The normalized spacial score (nSPS) is 10.3. The summed E-state index contributed by atoms with van der Waals surface area (Å²) in [5, 5.41) is 3.06. The van der Waals surface area contributed by atoms with Crippen LogP contribution in [0.5, 0.6) is 11.6 Å². The van der Waals surface area contributed by atoms with E-state index >= 15 is 0 Å². The van der Waals surface area contributed by atoms with Crippen molar-refractivity contribution in [3.63, 3.8) is 0 Å². The van der Waals surface area contributed by atoms with Gasteiger partial charge in [0.05, 0.1) is 0 Å². The molecule has 0 saturated carbocycles. The molecular formula is C14H16FN3O. The van der Waals surface area contributed by atoms with Gasteiger partial charge in [0.15, 0.2) is 0 Å². The van der Waals surface area contributed by atoms with Crippen molar-refractivity contribution in [1.29, 1.82) is 0 Å². The minimum atomic E-state index is -0.295. The molecule has 5 heteroatoms. The van der Waals surface area contributed by atoms with Gasteiger partial charge in [-0.2, -0.15) is 4.98 Å². The van der Waals surface area contributed by atoms with Gasteiger partial charge in [-0.05, 0) is 25.0 Å². The van der Waals surface area contributed by atoms with Crippen LogP contribution in [-0.2, 0) is 0 Å². The van der Waals surface area contributed by atoms with Gasteiger partial charge in [-0.1, -0.05) is 13.0 Å². The highest BCUT2D eigenvalue weighted by Crippen LogP contribution is 2.22. The third kappa shape index (κ3) is 3.64. The predicted molar refractivity (Wildman–Crippen MR) is 72.0 cm³/mol. The van der Waals surface area contributed by atoms with Crippen LogP contribution in [0.1, 0.15) is 18.9 Å². The Kier molecular flexibility index (Phi) is 4.28. The van der Waals surface area contributed by atoms with Crippen molar-refractivity contribution in [2.45, 2.75) is 20.3 Å². The van der Waals surface area contributed by atoms with Gasteiger partial charge in [0.2, 0.25) is 11.8 Å². The maximum atomic E-state index is 13.4. The summed E-state index contributed by atoms with van der Waals surface area (Å²) >= 11 is 0. The highest BCUT2D eigenvalue weighted by molar-refractivity contribution is 5.33. The van der Waals surface area contributed by atoms with Crippen molar-refractivity contribution in [2.24, 2.45) is 0 Å². The molecule has 0 saturated heterocycles. The van der Waals surface area contributed by atoms with E-state index in [2.05, 4.69) is 22.2 Å². The molecule has 4 nitrogen and oxygen atoms in total. The van der Waals surface area contributed by atoms with E-state index in [9.17, 15) is 4.39 Å². The molecule has 0 amide bonds. The zero-order valence-corrected chi connectivity index (χ0v) is 11.0. The SMILES string of the molecule is CCCNc1nccc(Oc2ccc(C)c(F)c2)n1. The van der Waals surface area contributed by atoms with Gasteiger partial charge in [0.25, 0.3) is 0 Å². The molecule has 1 aromatic heterocycles. The van der Waals surface area contributed by atoms with Crippen LogP contribution in [0.4, 0.5) is 10.3 Å². The Labute approximate surface area is 111 Å². The molecule has 0 aliphatic heterocycles. The van der Waals surface area contributed by atoms with Crippen molar-refractivity contribution in [1.82, 2.24) is 9.97 Å². The molecule has 0 aliphatic carbocycles. The number of nitrogens with one attached hydrogen (secondary N) is 1. The molecule has 2 rings (SSSR count). The summed E-state index contributed by atoms with van der Waals surface area (Å²) in [6.07, 6.45) is 2.59. The van der Waals surface area contributed by atoms with E-state index < -0.39 is 0 Å². The number of halogens is 1. The first-order valence-electron chi connectivity index (χ1n) is 6.20. The van der Waals surface area contributed by atoms with E-state index in [1.807, 2.05) is 0 Å². The van der Waals surface area contributed by atoms with Crippen LogP contribution in [0.25, 0.3) is 0 Å². The number of nitrogens with zero attached hydrogens (tertiary/aromatic N) is 2. The number of hydrogen-bond acceptors (Lipinski definition) is 4. The Bertz CT molecular complexity index is 560. The fourth-order valence-electron chi connectivity index (χ4n) is 1.48. The number of rotatable bonds is 5. The van der Waals surface area contributed by atoms with E-state index in [4.69, 9.17) is 4.74 Å². The van der Waals surface area contributed by atoms with Crippen molar-refractivity contribution >= 4 is 5.95 Å². The van der Waals surface area contributed by atoms with E-state index in [1.165, 1.54) is 6.07 Å². The fraction of sp³-hybridized carbons (Fsp3) is 0.286. The Balaban J connectivity index is 2.11. The Morgan fingerprint density at radius 3 is 2.89 bits per heavy atom. The van der Waals surface area contributed by atoms with Crippen molar-refractivity contribution in [3.05, 3.63) is 41.8 Å². The minimum Gasteiger partial charge on any atom is -0.439 e. The molecule has 0 bridgehead atoms. The molecule has 1 heterocycles. The Morgan fingerprint density at radius 1 is 1.32 bits per heavy atom. The fourth-order valence-corrected chi connectivity index (χ4v) is 1.48. The standard InChI is InChI=1S/C14H16FN3O/c1-3-7-16-14-17-8-6-13(18-14)19-11-5-4-10(2)12(15)9-11/h4-6,8-9H,3,7H2,1-2H3,(H,16,17,18). The average molecular weight is 261 g/mol. The Hall–Kier alpha value is -2.17. The summed E-state index contributed by atoms with van der Waals surface area (Å²) in [5.41, 5.74) is 0.584. The summed E-state index contributed by atoms with van der Waals surface area (Å²) < 4.78 is 18.9. The topological polar surface area (TPSA) is 47.0 Å². The summed E-state index contributed by atoms with van der Waals surface area (Å²) in [6.45, 7) is 4.56. The molecule has 1 aromatic carbocycles. The highest BCUT2D eigenvalue weighted by Gasteiger charge is 2.04. The first kappa shape index (κ1) is 13.3. The van der Waals surface area contributed by atoms with Crippen LogP contribution in [0.2, 0.25) is 0 Å². The zero-order chi connectivity index (χ0) is 13.7. The molecule has 2 aromatic rings. The van der Waals surface area contributed by atoms with E-state index in [1.54, 1.807) is 31.3 Å². The lowest BCUT2D eigenvalue weighted by molar-refractivity contribution is 0.457. The molecule has 0 atom stereocenters. The second-order valence-corrected chi connectivity index (χ2v) is 4.16. The molecule has 100 valence electrons. The molecule has 0 aliphatic rings. The molecule has 1 N–H and O–H groups in total. The summed E-state index contributed by atoms with van der Waals surface area (Å²) in [6, 6.07) is 6.35. The summed E-state index contributed by atoms with van der Waals surface area (Å²) in [5.74, 6) is 1.02. The third-order valence-corrected chi connectivity index (χ3v) is 2.53. The predicted octanol–water partition coefficient (Wildman–Crippen LogP) is 3.54. The number of aromatic nitrogens is 2. The molecule has 0 fully saturated rings. The van der Waals surface area contributed by atoms with Gasteiger partial charge < -0.3 is 10.1 Å². The van der Waals surface area contributed by atoms with E-state index in [0.717, 1.165) is 13.0 Å². The molecule has 19 heavy (non-hydrogen) atoms. The number of hydrogen-bond donors (Lipinski definition) is 1. The molecule has 0 spiro atoms. The van der Waals surface area contributed by atoms with Crippen molar-refractivity contribution in [2.75, 3.05) is 11.9 Å². The van der Waals surface area contributed by atoms with Crippen LogP contribution in [0, 0.1) is 12.7 Å². The maximum absolute atomic E-state index is 13.4.